The third-order valence-electron chi connectivity index (χ3n) is 4.27. The summed E-state index contributed by atoms with van der Waals surface area (Å²) in [6, 6.07) is 16.9. The molecule has 0 saturated carbocycles. The normalized spacial score (nSPS) is 11.5. The number of nitrogens with one attached hydrogen (secondary N) is 1. The SMILES string of the molecule is COc1cc(C(=O)N[C@@H](C)c2ccncc2)cc(Br)c1OCc1ccccc1. The maximum atomic E-state index is 12.7. The van der Waals surface area contributed by atoms with Gasteiger partial charge in [-0.1, -0.05) is 30.3 Å². The molecule has 0 aliphatic heterocycles. The second-order valence-corrected chi connectivity index (χ2v) is 7.09. The average molecular weight is 441 g/mol. The minimum Gasteiger partial charge on any atom is -0.493 e. The van der Waals surface area contributed by atoms with E-state index in [0.29, 0.717) is 28.1 Å². The largest absolute Gasteiger partial charge is 0.493 e. The van der Waals surface area contributed by atoms with Crippen LogP contribution in [0.5, 0.6) is 11.5 Å². The topological polar surface area (TPSA) is 60.5 Å². The van der Waals surface area contributed by atoms with Crippen LogP contribution in [0.2, 0.25) is 0 Å². The first-order valence-electron chi connectivity index (χ1n) is 8.83. The first-order chi connectivity index (χ1) is 13.6. The molecule has 2 aromatic carbocycles. The molecule has 0 aliphatic carbocycles. The fourth-order valence-electron chi connectivity index (χ4n) is 2.74. The number of pyridine rings is 1. The number of hydrogen-bond acceptors (Lipinski definition) is 4. The molecule has 1 atom stereocenters. The van der Waals surface area contributed by atoms with Gasteiger partial charge >= 0.3 is 0 Å². The second kappa shape index (κ2) is 9.37. The Hall–Kier alpha value is -2.86. The lowest BCUT2D eigenvalue weighted by atomic mass is 10.1. The van der Waals surface area contributed by atoms with Crippen LogP contribution >= 0.6 is 15.9 Å². The number of methoxy groups -OCH3 is 1. The fourth-order valence-corrected chi connectivity index (χ4v) is 3.29. The van der Waals surface area contributed by atoms with Gasteiger partial charge in [0.15, 0.2) is 11.5 Å². The van der Waals surface area contributed by atoms with Crippen molar-refractivity contribution in [2.75, 3.05) is 7.11 Å². The van der Waals surface area contributed by atoms with Crippen molar-refractivity contribution in [3.63, 3.8) is 0 Å². The monoisotopic (exact) mass is 440 g/mol. The Kier molecular flexibility index (Phi) is 6.66. The van der Waals surface area contributed by atoms with E-state index >= 15 is 0 Å². The van der Waals surface area contributed by atoms with E-state index in [1.54, 1.807) is 31.6 Å². The molecule has 1 heterocycles. The first kappa shape index (κ1) is 19.9. The number of carbonyl (C=O) groups excluding carboxylic acids is 1. The van der Waals surface area contributed by atoms with E-state index in [-0.39, 0.29) is 11.9 Å². The predicted octanol–water partition coefficient (Wildman–Crippen LogP) is 4.92. The summed E-state index contributed by atoms with van der Waals surface area (Å²) in [6.45, 7) is 2.33. The maximum absolute atomic E-state index is 12.7. The Labute approximate surface area is 172 Å². The van der Waals surface area contributed by atoms with Crippen LogP contribution in [0.1, 0.15) is 34.5 Å². The molecule has 0 radical (unpaired) electrons. The fraction of sp³-hybridized carbons (Fsp3) is 0.182. The molecule has 1 aromatic heterocycles. The highest BCUT2D eigenvalue weighted by Gasteiger charge is 2.17. The van der Waals surface area contributed by atoms with Crippen LogP contribution < -0.4 is 14.8 Å². The highest BCUT2D eigenvalue weighted by Crippen LogP contribution is 2.37. The van der Waals surface area contributed by atoms with Crippen LogP contribution in [0, 0.1) is 0 Å². The van der Waals surface area contributed by atoms with Crippen LogP contribution in [0.4, 0.5) is 0 Å². The van der Waals surface area contributed by atoms with Crippen LogP contribution in [0.3, 0.4) is 0 Å². The van der Waals surface area contributed by atoms with Crippen LogP contribution in [-0.4, -0.2) is 18.0 Å². The van der Waals surface area contributed by atoms with Crippen molar-refractivity contribution in [3.8, 4) is 11.5 Å². The van der Waals surface area contributed by atoms with E-state index < -0.39 is 0 Å². The molecule has 0 saturated heterocycles. The Balaban J connectivity index is 1.75. The van der Waals surface area contributed by atoms with Gasteiger partial charge in [-0.15, -0.1) is 0 Å². The molecule has 0 bridgehead atoms. The van der Waals surface area contributed by atoms with Gasteiger partial charge in [-0.25, -0.2) is 0 Å². The van der Waals surface area contributed by atoms with Gasteiger partial charge < -0.3 is 14.8 Å². The third-order valence-corrected chi connectivity index (χ3v) is 4.86. The summed E-state index contributed by atoms with van der Waals surface area (Å²) in [5.74, 6) is 0.857. The molecule has 3 rings (SSSR count). The molecule has 28 heavy (non-hydrogen) atoms. The van der Waals surface area contributed by atoms with E-state index in [2.05, 4.69) is 26.2 Å². The Bertz CT molecular complexity index is 933. The number of aromatic nitrogens is 1. The number of hydrogen-bond donors (Lipinski definition) is 1. The van der Waals surface area contributed by atoms with Crippen LogP contribution in [0.15, 0.2) is 71.5 Å². The van der Waals surface area contributed by atoms with E-state index in [0.717, 1.165) is 11.1 Å². The van der Waals surface area contributed by atoms with Crippen molar-refractivity contribution >= 4 is 21.8 Å². The molecule has 0 fully saturated rings. The zero-order valence-corrected chi connectivity index (χ0v) is 17.3. The van der Waals surface area contributed by atoms with Gasteiger partial charge in [0.1, 0.15) is 6.61 Å². The van der Waals surface area contributed by atoms with Crippen molar-refractivity contribution in [3.05, 3.63) is 88.2 Å². The number of rotatable bonds is 7. The summed E-state index contributed by atoms with van der Waals surface area (Å²) in [5, 5.41) is 2.98. The van der Waals surface area contributed by atoms with Crippen molar-refractivity contribution in [1.29, 1.82) is 0 Å². The Morgan fingerprint density at radius 2 is 1.86 bits per heavy atom. The smallest absolute Gasteiger partial charge is 0.251 e. The van der Waals surface area contributed by atoms with Gasteiger partial charge in [0.25, 0.3) is 5.91 Å². The van der Waals surface area contributed by atoms with Crippen LogP contribution in [0.25, 0.3) is 0 Å². The number of amides is 1. The van der Waals surface area contributed by atoms with E-state index in [1.807, 2.05) is 49.4 Å². The van der Waals surface area contributed by atoms with Gasteiger partial charge in [-0.05, 0) is 58.2 Å². The van der Waals surface area contributed by atoms with Gasteiger partial charge in [-0.2, -0.15) is 0 Å². The summed E-state index contributed by atoms with van der Waals surface area (Å²) in [4.78, 5) is 16.7. The summed E-state index contributed by atoms with van der Waals surface area (Å²) in [7, 11) is 1.55. The number of nitrogens with zero attached hydrogens (tertiary/aromatic N) is 1. The summed E-state index contributed by atoms with van der Waals surface area (Å²) < 4.78 is 12.0. The number of carbonyl (C=O) groups is 1. The molecule has 0 unspecified atom stereocenters. The minimum atomic E-state index is -0.196. The third kappa shape index (κ3) is 4.89. The standard InChI is InChI=1S/C22H21BrN2O3/c1-15(17-8-10-24-11-9-17)25-22(26)18-12-19(23)21(20(13-18)27-2)28-14-16-6-4-3-5-7-16/h3-13,15H,14H2,1-2H3,(H,25,26)/t15-/m0/s1. The van der Waals surface area contributed by atoms with Crippen molar-refractivity contribution in [2.45, 2.75) is 19.6 Å². The summed E-state index contributed by atoms with van der Waals surface area (Å²) in [5.41, 5.74) is 2.51. The van der Waals surface area contributed by atoms with Crippen molar-refractivity contribution in [2.24, 2.45) is 0 Å². The number of ether oxygens (including phenoxy) is 2. The molecule has 5 nitrogen and oxygen atoms in total. The predicted molar refractivity (Wildman–Crippen MR) is 112 cm³/mol. The van der Waals surface area contributed by atoms with Crippen molar-refractivity contribution in [1.82, 2.24) is 10.3 Å². The highest BCUT2D eigenvalue weighted by atomic mass is 79.9. The lowest BCUT2D eigenvalue weighted by Crippen LogP contribution is -2.26. The van der Waals surface area contributed by atoms with Crippen molar-refractivity contribution < 1.29 is 14.3 Å². The Morgan fingerprint density at radius 1 is 1.14 bits per heavy atom. The molecule has 144 valence electrons. The van der Waals surface area contributed by atoms with E-state index in [1.165, 1.54) is 0 Å². The summed E-state index contributed by atoms with van der Waals surface area (Å²) >= 11 is 3.50. The quantitative estimate of drug-likeness (QED) is 0.565. The summed E-state index contributed by atoms with van der Waals surface area (Å²) in [6.07, 6.45) is 3.41. The van der Waals surface area contributed by atoms with Crippen LogP contribution in [-0.2, 0) is 6.61 Å². The maximum Gasteiger partial charge on any atom is 0.251 e. The van der Waals surface area contributed by atoms with Gasteiger partial charge in [0.2, 0.25) is 0 Å². The minimum absolute atomic E-state index is 0.144. The second-order valence-electron chi connectivity index (χ2n) is 6.24. The number of halogens is 1. The lowest BCUT2D eigenvalue weighted by molar-refractivity contribution is 0.0939. The Morgan fingerprint density at radius 3 is 2.54 bits per heavy atom. The molecule has 1 N–H and O–H groups in total. The van der Waals surface area contributed by atoms with Gasteiger partial charge in [0, 0.05) is 18.0 Å². The van der Waals surface area contributed by atoms with Gasteiger partial charge in [0.05, 0.1) is 17.6 Å². The number of benzene rings is 2. The highest BCUT2D eigenvalue weighted by molar-refractivity contribution is 9.10. The zero-order chi connectivity index (χ0) is 19.9. The lowest BCUT2D eigenvalue weighted by Gasteiger charge is -2.17. The van der Waals surface area contributed by atoms with Gasteiger partial charge in [-0.3, -0.25) is 9.78 Å². The molecular weight excluding hydrogens is 420 g/mol. The zero-order valence-electron chi connectivity index (χ0n) is 15.7. The molecule has 1 amide bonds. The molecule has 0 aliphatic rings. The average Bonchev–Trinajstić information content (AvgIpc) is 2.73. The molecule has 3 aromatic rings. The molecular formula is C22H21BrN2O3. The van der Waals surface area contributed by atoms with E-state index in [9.17, 15) is 4.79 Å². The first-order valence-corrected chi connectivity index (χ1v) is 9.63. The molecule has 6 heteroatoms. The van der Waals surface area contributed by atoms with E-state index in [4.69, 9.17) is 9.47 Å². The molecule has 0 spiro atoms.